The van der Waals surface area contributed by atoms with Crippen LogP contribution < -0.4 is 11.1 Å². The lowest BCUT2D eigenvalue weighted by atomic mass is 9.78. The minimum Gasteiger partial charge on any atom is -0.381 e. The van der Waals surface area contributed by atoms with Crippen LogP contribution in [0.5, 0.6) is 0 Å². The maximum Gasteiger partial charge on any atom is 0.230 e. The zero-order chi connectivity index (χ0) is 19.3. The Morgan fingerprint density at radius 3 is 2.41 bits per heavy atom. The van der Waals surface area contributed by atoms with Gasteiger partial charge in [0.15, 0.2) is 0 Å². The maximum atomic E-state index is 13.0. The van der Waals surface area contributed by atoms with Crippen LogP contribution in [0.2, 0.25) is 0 Å². The summed E-state index contributed by atoms with van der Waals surface area (Å²) in [6.45, 7) is 3.03. The summed E-state index contributed by atoms with van der Waals surface area (Å²) >= 11 is 0. The number of nitrogens with two attached hydrogens (primary N) is 1. The third-order valence-corrected chi connectivity index (χ3v) is 5.83. The van der Waals surface area contributed by atoms with Gasteiger partial charge in [0, 0.05) is 45.3 Å². The van der Waals surface area contributed by atoms with Crippen LogP contribution in [-0.4, -0.2) is 49.6 Å². The van der Waals surface area contributed by atoms with Crippen molar-refractivity contribution < 1.29 is 18.7 Å². The van der Waals surface area contributed by atoms with Crippen molar-refractivity contribution in [3.05, 3.63) is 35.6 Å². The van der Waals surface area contributed by atoms with Gasteiger partial charge >= 0.3 is 0 Å². The van der Waals surface area contributed by atoms with Crippen LogP contribution in [0.15, 0.2) is 24.3 Å². The van der Waals surface area contributed by atoms with Crippen molar-refractivity contribution in [1.82, 2.24) is 10.2 Å². The molecule has 0 aromatic heterocycles. The van der Waals surface area contributed by atoms with Gasteiger partial charge in [0.05, 0.1) is 5.41 Å². The zero-order valence-electron chi connectivity index (χ0n) is 15.6. The first kappa shape index (κ1) is 19.8. The number of piperidine rings is 1. The van der Waals surface area contributed by atoms with E-state index in [9.17, 15) is 14.0 Å². The Hall–Kier alpha value is -1.99. The molecular weight excluding hydrogens is 349 g/mol. The van der Waals surface area contributed by atoms with E-state index in [4.69, 9.17) is 10.5 Å². The van der Waals surface area contributed by atoms with Gasteiger partial charge in [-0.15, -0.1) is 0 Å². The number of ether oxygens (including phenoxy) is 1. The highest BCUT2D eigenvalue weighted by Crippen LogP contribution is 2.33. The van der Waals surface area contributed by atoms with Gasteiger partial charge in [-0.3, -0.25) is 9.59 Å². The molecule has 0 radical (unpaired) electrons. The summed E-state index contributed by atoms with van der Waals surface area (Å²) in [6, 6.07) is 6.10. The van der Waals surface area contributed by atoms with Gasteiger partial charge in [-0.25, -0.2) is 4.39 Å². The molecule has 1 aromatic carbocycles. The number of likely N-dealkylation sites (tertiary alicyclic amines) is 1. The summed E-state index contributed by atoms with van der Waals surface area (Å²) in [5, 5.41) is 2.91. The Balaban J connectivity index is 1.48. The summed E-state index contributed by atoms with van der Waals surface area (Å²) in [7, 11) is 0. The molecule has 2 amide bonds. The quantitative estimate of drug-likeness (QED) is 0.813. The molecule has 3 N–H and O–H groups in total. The Bertz CT molecular complexity index is 651. The van der Waals surface area contributed by atoms with Crippen molar-refractivity contribution in [1.29, 1.82) is 0 Å². The second-order valence-corrected chi connectivity index (χ2v) is 7.51. The first-order valence-electron chi connectivity index (χ1n) is 9.63. The van der Waals surface area contributed by atoms with Crippen LogP contribution in [0.25, 0.3) is 0 Å². The topological polar surface area (TPSA) is 84.7 Å². The van der Waals surface area contributed by atoms with E-state index in [1.807, 2.05) is 4.90 Å². The predicted octanol–water partition coefficient (Wildman–Crippen LogP) is 1.44. The third-order valence-electron chi connectivity index (χ3n) is 5.83. The molecule has 2 aliphatic heterocycles. The van der Waals surface area contributed by atoms with E-state index in [1.165, 1.54) is 12.1 Å². The molecule has 2 saturated heterocycles. The Kier molecular flexibility index (Phi) is 6.44. The van der Waals surface area contributed by atoms with Crippen molar-refractivity contribution in [2.75, 3.05) is 32.8 Å². The number of nitrogens with one attached hydrogen (secondary N) is 1. The van der Waals surface area contributed by atoms with Crippen molar-refractivity contribution >= 4 is 11.8 Å². The molecule has 0 spiro atoms. The number of hydrogen-bond donors (Lipinski definition) is 2. The molecule has 0 bridgehead atoms. The molecule has 27 heavy (non-hydrogen) atoms. The summed E-state index contributed by atoms with van der Waals surface area (Å²) in [6.07, 6.45) is 2.64. The number of nitrogens with zero attached hydrogens (tertiary/aromatic N) is 1. The average Bonchev–Trinajstić information content (AvgIpc) is 2.73. The molecule has 2 heterocycles. The van der Waals surface area contributed by atoms with E-state index in [0.29, 0.717) is 65.1 Å². The Morgan fingerprint density at radius 1 is 1.19 bits per heavy atom. The van der Waals surface area contributed by atoms with Gasteiger partial charge in [0.25, 0.3) is 0 Å². The number of hydrogen-bond acceptors (Lipinski definition) is 4. The molecule has 148 valence electrons. The zero-order valence-corrected chi connectivity index (χ0v) is 15.6. The molecule has 1 aromatic rings. The number of amides is 2. The standard InChI is InChI=1S/C20H28FN3O3/c21-17-3-1-15(2-4-17)13-23-18(25)16-5-9-24(10-6-16)19(26)20(14-22)7-11-27-12-8-20/h1-4,16H,5-14,22H2,(H,23,25). The van der Waals surface area contributed by atoms with Crippen LogP contribution in [0.1, 0.15) is 31.2 Å². The summed E-state index contributed by atoms with van der Waals surface area (Å²) in [4.78, 5) is 27.3. The fraction of sp³-hybridized carbons (Fsp3) is 0.600. The van der Waals surface area contributed by atoms with Crippen LogP contribution in [0, 0.1) is 17.2 Å². The SMILES string of the molecule is NCC1(C(=O)N2CCC(C(=O)NCc3ccc(F)cc3)CC2)CCOCC1. The monoisotopic (exact) mass is 377 g/mol. The van der Waals surface area contributed by atoms with Crippen molar-refractivity contribution in [3.8, 4) is 0 Å². The molecule has 0 aliphatic carbocycles. The fourth-order valence-corrected chi connectivity index (χ4v) is 3.88. The molecule has 0 saturated carbocycles. The second-order valence-electron chi connectivity index (χ2n) is 7.51. The smallest absolute Gasteiger partial charge is 0.230 e. The van der Waals surface area contributed by atoms with E-state index in [0.717, 1.165) is 5.56 Å². The highest BCUT2D eigenvalue weighted by Gasteiger charge is 2.42. The number of carbonyl (C=O) groups excluding carboxylic acids is 2. The third kappa shape index (κ3) is 4.65. The summed E-state index contributed by atoms with van der Waals surface area (Å²) in [5.74, 6) is -0.288. The van der Waals surface area contributed by atoms with Gasteiger partial charge in [-0.05, 0) is 43.4 Å². The van der Waals surface area contributed by atoms with Crippen molar-refractivity contribution in [3.63, 3.8) is 0 Å². The lowest BCUT2D eigenvalue weighted by molar-refractivity contribution is -0.149. The van der Waals surface area contributed by atoms with Crippen molar-refractivity contribution in [2.24, 2.45) is 17.1 Å². The largest absolute Gasteiger partial charge is 0.381 e. The van der Waals surface area contributed by atoms with Crippen LogP contribution in [-0.2, 0) is 20.9 Å². The van der Waals surface area contributed by atoms with Crippen molar-refractivity contribution in [2.45, 2.75) is 32.2 Å². The number of carbonyl (C=O) groups is 2. The van der Waals surface area contributed by atoms with E-state index in [1.54, 1.807) is 12.1 Å². The minimum atomic E-state index is -0.504. The van der Waals surface area contributed by atoms with Gasteiger partial charge < -0.3 is 20.7 Å². The molecule has 7 heteroatoms. The second kappa shape index (κ2) is 8.80. The van der Waals surface area contributed by atoms with E-state index < -0.39 is 5.41 Å². The molecule has 0 unspecified atom stereocenters. The summed E-state index contributed by atoms with van der Waals surface area (Å²) < 4.78 is 18.3. The normalized spacial score (nSPS) is 20.3. The average molecular weight is 377 g/mol. The fourth-order valence-electron chi connectivity index (χ4n) is 3.88. The van der Waals surface area contributed by atoms with Gasteiger partial charge in [-0.1, -0.05) is 12.1 Å². The van der Waals surface area contributed by atoms with E-state index in [2.05, 4.69) is 5.32 Å². The first-order chi connectivity index (χ1) is 13.0. The van der Waals surface area contributed by atoms with Gasteiger partial charge in [0.2, 0.25) is 11.8 Å². The lowest BCUT2D eigenvalue weighted by Gasteiger charge is -2.41. The van der Waals surface area contributed by atoms with Gasteiger partial charge in [0.1, 0.15) is 5.82 Å². The Labute approximate surface area is 159 Å². The van der Waals surface area contributed by atoms with Crippen LogP contribution >= 0.6 is 0 Å². The van der Waals surface area contributed by atoms with Crippen LogP contribution in [0.3, 0.4) is 0 Å². The maximum absolute atomic E-state index is 13.0. The predicted molar refractivity (Wildman–Crippen MR) is 99.1 cm³/mol. The summed E-state index contributed by atoms with van der Waals surface area (Å²) in [5.41, 5.74) is 6.29. The number of rotatable bonds is 5. The molecule has 2 fully saturated rings. The molecule has 6 nitrogen and oxygen atoms in total. The molecule has 3 rings (SSSR count). The Morgan fingerprint density at radius 2 is 1.81 bits per heavy atom. The van der Waals surface area contributed by atoms with E-state index in [-0.39, 0.29) is 23.5 Å². The highest BCUT2D eigenvalue weighted by molar-refractivity contribution is 5.84. The molecular formula is C20H28FN3O3. The van der Waals surface area contributed by atoms with E-state index >= 15 is 0 Å². The minimum absolute atomic E-state index is 0.00831. The lowest BCUT2D eigenvalue weighted by Crippen LogP contribution is -2.53. The first-order valence-corrected chi connectivity index (χ1v) is 9.63. The van der Waals surface area contributed by atoms with Crippen LogP contribution in [0.4, 0.5) is 4.39 Å². The number of halogens is 1. The van der Waals surface area contributed by atoms with Gasteiger partial charge in [-0.2, -0.15) is 0 Å². The molecule has 0 atom stereocenters. The number of benzene rings is 1. The molecule has 2 aliphatic rings. The highest BCUT2D eigenvalue weighted by atomic mass is 19.1.